The van der Waals surface area contributed by atoms with Gasteiger partial charge in [-0.1, -0.05) is 35.3 Å². The monoisotopic (exact) mass is 289 g/mol. The maximum Gasteiger partial charge on any atom is 0.304 e. The molecular formula is C13H17Cl2NO2. The zero-order valence-corrected chi connectivity index (χ0v) is 12.0. The average molecular weight is 290 g/mol. The van der Waals surface area contributed by atoms with Gasteiger partial charge in [0, 0.05) is 12.6 Å². The molecule has 0 aliphatic rings. The van der Waals surface area contributed by atoms with Gasteiger partial charge in [0.2, 0.25) is 0 Å². The molecular weight excluding hydrogens is 273 g/mol. The van der Waals surface area contributed by atoms with Gasteiger partial charge in [-0.2, -0.15) is 0 Å². The van der Waals surface area contributed by atoms with Crippen LogP contribution in [0.1, 0.15) is 18.9 Å². The van der Waals surface area contributed by atoms with Crippen LogP contribution in [-0.4, -0.2) is 35.6 Å². The number of hydrogen-bond donors (Lipinski definition) is 1. The summed E-state index contributed by atoms with van der Waals surface area (Å²) in [6.07, 6.45) is 0.889. The molecule has 1 N–H and O–H groups in total. The molecule has 1 unspecified atom stereocenters. The number of benzene rings is 1. The predicted molar refractivity (Wildman–Crippen MR) is 74.5 cm³/mol. The number of carbonyl (C=O) groups is 1. The van der Waals surface area contributed by atoms with Crippen LogP contribution in [0.3, 0.4) is 0 Å². The van der Waals surface area contributed by atoms with Crippen molar-refractivity contribution in [1.29, 1.82) is 0 Å². The van der Waals surface area contributed by atoms with E-state index in [-0.39, 0.29) is 12.5 Å². The molecule has 0 bridgehead atoms. The number of rotatable bonds is 6. The lowest BCUT2D eigenvalue weighted by Gasteiger charge is -2.24. The van der Waals surface area contributed by atoms with Crippen molar-refractivity contribution < 1.29 is 9.90 Å². The number of nitrogens with zero attached hydrogens (tertiary/aromatic N) is 1. The normalized spacial score (nSPS) is 12.7. The number of halogens is 2. The van der Waals surface area contributed by atoms with Gasteiger partial charge in [-0.05, 0) is 32.0 Å². The van der Waals surface area contributed by atoms with Crippen LogP contribution in [0.4, 0.5) is 0 Å². The quantitative estimate of drug-likeness (QED) is 0.873. The molecule has 100 valence electrons. The fourth-order valence-corrected chi connectivity index (χ4v) is 2.07. The van der Waals surface area contributed by atoms with Crippen molar-refractivity contribution in [3.63, 3.8) is 0 Å². The molecule has 0 radical (unpaired) electrons. The lowest BCUT2D eigenvalue weighted by molar-refractivity contribution is -0.137. The van der Waals surface area contributed by atoms with Gasteiger partial charge in [0.15, 0.2) is 0 Å². The lowest BCUT2D eigenvalue weighted by Crippen LogP contribution is -2.32. The standard InChI is InChI=1S/C13H17Cl2NO2/c1-9(16(2)7-6-12(17)18)8-10-4-3-5-11(14)13(10)15/h3-5,9H,6-8H2,1-2H3,(H,17,18). The van der Waals surface area contributed by atoms with Crippen molar-refractivity contribution in [3.8, 4) is 0 Å². The van der Waals surface area contributed by atoms with Crippen LogP contribution in [0.15, 0.2) is 18.2 Å². The highest BCUT2D eigenvalue weighted by atomic mass is 35.5. The lowest BCUT2D eigenvalue weighted by atomic mass is 10.1. The zero-order valence-electron chi connectivity index (χ0n) is 10.5. The molecule has 0 heterocycles. The molecule has 0 aliphatic carbocycles. The molecule has 0 saturated carbocycles. The van der Waals surface area contributed by atoms with Crippen LogP contribution in [-0.2, 0) is 11.2 Å². The van der Waals surface area contributed by atoms with Crippen molar-refractivity contribution in [1.82, 2.24) is 4.90 Å². The van der Waals surface area contributed by atoms with Crippen molar-refractivity contribution in [3.05, 3.63) is 33.8 Å². The van der Waals surface area contributed by atoms with E-state index in [0.29, 0.717) is 16.6 Å². The van der Waals surface area contributed by atoms with Crippen LogP contribution in [0.25, 0.3) is 0 Å². The van der Waals surface area contributed by atoms with E-state index in [1.807, 2.05) is 31.0 Å². The van der Waals surface area contributed by atoms with Gasteiger partial charge in [-0.15, -0.1) is 0 Å². The first-order valence-corrected chi connectivity index (χ1v) is 6.52. The second-order valence-electron chi connectivity index (χ2n) is 4.39. The Labute approximate surface area is 117 Å². The van der Waals surface area contributed by atoms with Crippen LogP contribution >= 0.6 is 23.2 Å². The molecule has 1 rings (SSSR count). The van der Waals surface area contributed by atoms with Crippen molar-refractivity contribution in [2.75, 3.05) is 13.6 Å². The molecule has 1 atom stereocenters. The summed E-state index contributed by atoms with van der Waals surface area (Å²) in [6, 6.07) is 5.77. The Hall–Kier alpha value is -0.770. The van der Waals surface area contributed by atoms with E-state index in [0.717, 1.165) is 12.0 Å². The van der Waals surface area contributed by atoms with Gasteiger partial charge in [0.25, 0.3) is 0 Å². The van der Waals surface area contributed by atoms with Crippen molar-refractivity contribution in [2.24, 2.45) is 0 Å². The van der Waals surface area contributed by atoms with E-state index in [1.54, 1.807) is 6.07 Å². The molecule has 0 aromatic heterocycles. The fourth-order valence-electron chi connectivity index (χ4n) is 1.67. The molecule has 18 heavy (non-hydrogen) atoms. The van der Waals surface area contributed by atoms with Crippen molar-refractivity contribution >= 4 is 29.2 Å². The van der Waals surface area contributed by atoms with E-state index in [2.05, 4.69) is 0 Å². The summed E-state index contributed by atoms with van der Waals surface area (Å²) in [7, 11) is 1.91. The highest BCUT2D eigenvalue weighted by molar-refractivity contribution is 6.42. The number of likely N-dealkylation sites (N-methyl/N-ethyl adjacent to an activating group) is 1. The first kappa shape index (κ1) is 15.3. The highest BCUT2D eigenvalue weighted by Crippen LogP contribution is 2.26. The van der Waals surface area contributed by atoms with E-state index < -0.39 is 5.97 Å². The van der Waals surface area contributed by atoms with Crippen LogP contribution < -0.4 is 0 Å². The number of hydrogen-bond acceptors (Lipinski definition) is 2. The maximum atomic E-state index is 10.5. The average Bonchev–Trinajstić information content (AvgIpc) is 2.31. The molecule has 5 heteroatoms. The van der Waals surface area contributed by atoms with Gasteiger partial charge >= 0.3 is 5.97 Å². The van der Waals surface area contributed by atoms with Gasteiger partial charge < -0.3 is 10.0 Å². The number of carboxylic acids is 1. The molecule has 0 aliphatic heterocycles. The van der Waals surface area contributed by atoms with Crippen LogP contribution in [0.5, 0.6) is 0 Å². The van der Waals surface area contributed by atoms with E-state index in [4.69, 9.17) is 28.3 Å². The second kappa shape index (κ2) is 6.98. The Bertz CT molecular complexity index is 423. The topological polar surface area (TPSA) is 40.5 Å². The minimum Gasteiger partial charge on any atom is -0.481 e. The molecule has 1 aromatic rings. The second-order valence-corrected chi connectivity index (χ2v) is 5.18. The fraction of sp³-hybridized carbons (Fsp3) is 0.462. The number of aliphatic carboxylic acids is 1. The zero-order chi connectivity index (χ0) is 13.7. The molecule has 0 spiro atoms. The summed E-state index contributed by atoms with van der Waals surface area (Å²) >= 11 is 12.1. The maximum absolute atomic E-state index is 10.5. The predicted octanol–water partition coefficient (Wildman–Crippen LogP) is 3.33. The van der Waals surface area contributed by atoms with Gasteiger partial charge in [-0.25, -0.2) is 0 Å². The Balaban J connectivity index is 2.60. The largest absolute Gasteiger partial charge is 0.481 e. The molecule has 0 saturated heterocycles. The van der Waals surface area contributed by atoms with Crippen LogP contribution in [0, 0.1) is 0 Å². The third-order valence-electron chi connectivity index (χ3n) is 2.98. The Morgan fingerprint density at radius 1 is 1.44 bits per heavy atom. The molecule has 3 nitrogen and oxygen atoms in total. The van der Waals surface area contributed by atoms with Crippen molar-refractivity contribution in [2.45, 2.75) is 25.8 Å². The smallest absolute Gasteiger partial charge is 0.304 e. The van der Waals surface area contributed by atoms with Crippen LogP contribution in [0.2, 0.25) is 10.0 Å². The minimum absolute atomic E-state index is 0.143. The summed E-state index contributed by atoms with van der Waals surface area (Å²) in [5.74, 6) is -0.783. The molecule has 0 amide bonds. The summed E-state index contributed by atoms with van der Waals surface area (Å²) in [4.78, 5) is 12.5. The van der Waals surface area contributed by atoms with E-state index >= 15 is 0 Å². The van der Waals surface area contributed by atoms with E-state index in [1.165, 1.54) is 0 Å². The Morgan fingerprint density at radius 2 is 2.11 bits per heavy atom. The summed E-state index contributed by atoms with van der Waals surface area (Å²) in [5, 5.41) is 9.78. The molecule has 0 fully saturated rings. The first-order valence-electron chi connectivity index (χ1n) is 5.76. The summed E-state index contributed by atoms with van der Waals surface area (Å²) in [5.41, 5.74) is 0.985. The van der Waals surface area contributed by atoms with Gasteiger partial charge in [0.05, 0.1) is 16.5 Å². The van der Waals surface area contributed by atoms with E-state index in [9.17, 15) is 4.79 Å². The highest BCUT2D eigenvalue weighted by Gasteiger charge is 2.13. The Morgan fingerprint density at radius 3 is 2.72 bits per heavy atom. The van der Waals surface area contributed by atoms with Gasteiger partial charge in [-0.3, -0.25) is 4.79 Å². The third kappa shape index (κ3) is 4.48. The first-order chi connectivity index (χ1) is 8.41. The van der Waals surface area contributed by atoms with Gasteiger partial charge in [0.1, 0.15) is 0 Å². The molecule has 1 aromatic carbocycles. The summed E-state index contributed by atoms with van der Waals surface area (Å²) in [6.45, 7) is 2.56. The number of carboxylic acid groups (broad SMARTS) is 1. The Kier molecular flexibility index (Phi) is 5.93. The minimum atomic E-state index is -0.783. The SMILES string of the molecule is CC(Cc1cccc(Cl)c1Cl)N(C)CCC(=O)O. The third-order valence-corrected chi connectivity index (χ3v) is 3.84. The summed E-state index contributed by atoms with van der Waals surface area (Å²) < 4.78 is 0.